The van der Waals surface area contributed by atoms with Gasteiger partial charge >= 0.3 is 0 Å². The first-order valence-electron chi connectivity index (χ1n) is 5.65. The van der Waals surface area contributed by atoms with Crippen molar-refractivity contribution < 1.29 is 4.42 Å². The van der Waals surface area contributed by atoms with E-state index in [1.54, 1.807) is 6.26 Å². The second kappa shape index (κ2) is 7.41. The quantitative estimate of drug-likeness (QED) is 0.768. The SMILES string of the molecule is CC(C)CSCCNC(C)c1occc1Br. The highest BCUT2D eigenvalue weighted by Gasteiger charge is 2.11. The molecule has 0 fully saturated rings. The van der Waals surface area contributed by atoms with Crippen LogP contribution in [0.5, 0.6) is 0 Å². The molecule has 0 aliphatic heterocycles. The van der Waals surface area contributed by atoms with Gasteiger partial charge in [0.25, 0.3) is 0 Å². The van der Waals surface area contributed by atoms with Crippen molar-refractivity contribution >= 4 is 27.7 Å². The van der Waals surface area contributed by atoms with Gasteiger partial charge in [0.2, 0.25) is 0 Å². The zero-order chi connectivity index (χ0) is 12.0. The monoisotopic (exact) mass is 305 g/mol. The third-order valence-corrected chi connectivity index (χ3v) is 4.24. The fourth-order valence-corrected chi connectivity index (χ4v) is 2.82. The molecule has 0 amide bonds. The van der Waals surface area contributed by atoms with E-state index in [1.807, 2.05) is 17.8 Å². The highest BCUT2D eigenvalue weighted by atomic mass is 79.9. The van der Waals surface area contributed by atoms with Crippen molar-refractivity contribution in [3.05, 3.63) is 22.6 Å². The Labute approximate surface area is 111 Å². The van der Waals surface area contributed by atoms with Crippen LogP contribution in [0.1, 0.15) is 32.6 Å². The lowest BCUT2D eigenvalue weighted by Crippen LogP contribution is -2.21. The fraction of sp³-hybridized carbons (Fsp3) is 0.667. The van der Waals surface area contributed by atoms with Crippen molar-refractivity contribution in [1.82, 2.24) is 5.32 Å². The maximum absolute atomic E-state index is 5.41. The van der Waals surface area contributed by atoms with E-state index in [9.17, 15) is 0 Å². The smallest absolute Gasteiger partial charge is 0.134 e. The normalized spacial score (nSPS) is 13.3. The van der Waals surface area contributed by atoms with Gasteiger partial charge in [-0.3, -0.25) is 0 Å². The van der Waals surface area contributed by atoms with Crippen molar-refractivity contribution in [3.8, 4) is 0 Å². The number of thioether (sulfide) groups is 1. The number of furan rings is 1. The predicted octanol–water partition coefficient (Wildman–Crippen LogP) is 4.08. The lowest BCUT2D eigenvalue weighted by atomic mass is 10.2. The Morgan fingerprint density at radius 1 is 1.44 bits per heavy atom. The molecule has 0 bridgehead atoms. The van der Waals surface area contributed by atoms with E-state index < -0.39 is 0 Å². The highest BCUT2D eigenvalue weighted by Crippen LogP contribution is 2.23. The molecule has 92 valence electrons. The molecule has 0 aliphatic rings. The molecule has 1 atom stereocenters. The minimum atomic E-state index is 0.268. The topological polar surface area (TPSA) is 25.2 Å². The summed E-state index contributed by atoms with van der Waals surface area (Å²) in [6, 6.07) is 2.20. The Kier molecular flexibility index (Phi) is 6.54. The van der Waals surface area contributed by atoms with Crippen LogP contribution < -0.4 is 5.32 Å². The Morgan fingerprint density at radius 3 is 2.75 bits per heavy atom. The van der Waals surface area contributed by atoms with E-state index in [2.05, 4.69) is 42.0 Å². The second-order valence-electron chi connectivity index (χ2n) is 4.28. The highest BCUT2D eigenvalue weighted by molar-refractivity contribution is 9.10. The Balaban J connectivity index is 2.16. The molecular weight excluding hydrogens is 286 g/mol. The molecule has 0 radical (unpaired) electrons. The maximum Gasteiger partial charge on any atom is 0.134 e. The van der Waals surface area contributed by atoms with Crippen LogP contribution in [0.25, 0.3) is 0 Å². The summed E-state index contributed by atoms with van der Waals surface area (Å²) in [4.78, 5) is 0. The zero-order valence-electron chi connectivity index (χ0n) is 10.1. The number of nitrogens with one attached hydrogen (secondary N) is 1. The first-order valence-corrected chi connectivity index (χ1v) is 7.60. The third kappa shape index (κ3) is 4.93. The average Bonchev–Trinajstić information content (AvgIpc) is 2.63. The minimum Gasteiger partial charge on any atom is -0.466 e. The van der Waals surface area contributed by atoms with Gasteiger partial charge in [-0.15, -0.1) is 0 Å². The van der Waals surface area contributed by atoms with Gasteiger partial charge in [0.1, 0.15) is 5.76 Å². The summed E-state index contributed by atoms with van der Waals surface area (Å²) in [5.74, 6) is 4.15. The van der Waals surface area contributed by atoms with Crippen LogP contribution in [0.4, 0.5) is 0 Å². The minimum absolute atomic E-state index is 0.268. The van der Waals surface area contributed by atoms with E-state index in [4.69, 9.17) is 4.42 Å². The lowest BCUT2D eigenvalue weighted by Gasteiger charge is -2.12. The molecule has 1 unspecified atom stereocenters. The average molecular weight is 306 g/mol. The molecule has 0 aliphatic carbocycles. The Bertz CT molecular complexity index is 301. The molecule has 4 heteroatoms. The van der Waals surface area contributed by atoms with Gasteiger partial charge in [-0.05, 0) is 40.6 Å². The van der Waals surface area contributed by atoms with Crippen LogP contribution in [0, 0.1) is 5.92 Å². The summed E-state index contributed by atoms with van der Waals surface area (Å²) in [5.41, 5.74) is 0. The third-order valence-electron chi connectivity index (χ3n) is 2.19. The van der Waals surface area contributed by atoms with Crippen LogP contribution in [-0.2, 0) is 0 Å². The molecule has 2 nitrogen and oxygen atoms in total. The van der Waals surface area contributed by atoms with Crippen LogP contribution >= 0.6 is 27.7 Å². The molecule has 1 aromatic rings. The standard InChI is InChI=1S/C12H20BrNOS/c1-9(2)8-16-7-5-14-10(3)12-11(13)4-6-15-12/h4,6,9-10,14H,5,7-8H2,1-3H3. The molecule has 0 spiro atoms. The summed E-state index contributed by atoms with van der Waals surface area (Å²) in [5, 5.41) is 3.45. The lowest BCUT2D eigenvalue weighted by molar-refractivity contribution is 0.435. The van der Waals surface area contributed by atoms with Gasteiger partial charge in [0, 0.05) is 12.3 Å². The first-order chi connectivity index (χ1) is 7.61. The van der Waals surface area contributed by atoms with Gasteiger partial charge in [-0.1, -0.05) is 13.8 Å². The molecule has 1 heterocycles. The van der Waals surface area contributed by atoms with Crippen LogP contribution in [0.15, 0.2) is 21.2 Å². The molecule has 16 heavy (non-hydrogen) atoms. The summed E-state index contributed by atoms with van der Waals surface area (Å²) >= 11 is 5.47. The van der Waals surface area contributed by atoms with E-state index in [0.29, 0.717) is 0 Å². The number of rotatable bonds is 7. The van der Waals surface area contributed by atoms with Crippen molar-refractivity contribution in [3.63, 3.8) is 0 Å². The van der Waals surface area contributed by atoms with Gasteiger partial charge in [-0.25, -0.2) is 0 Å². The summed E-state index contributed by atoms with van der Waals surface area (Å²) in [6.45, 7) is 7.65. The largest absolute Gasteiger partial charge is 0.466 e. The van der Waals surface area contributed by atoms with Gasteiger partial charge in [0.05, 0.1) is 16.8 Å². The van der Waals surface area contributed by atoms with Crippen LogP contribution in [0.3, 0.4) is 0 Å². The molecule has 1 aromatic heterocycles. The first kappa shape index (κ1) is 14.1. The Morgan fingerprint density at radius 2 is 2.19 bits per heavy atom. The van der Waals surface area contributed by atoms with E-state index in [1.165, 1.54) is 5.75 Å². The van der Waals surface area contributed by atoms with Gasteiger partial charge in [0.15, 0.2) is 0 Å². The van der Waals surface area contributed by atoms with Crippen molar-refractivity contribution in [2.75, 3.05) is 18.1 Å². The van der Waals surface area contributed by atoms with Crippen molar-refractivity contribution in [1.29, 1.82) is 0 Å². The van der Waals surface area contributed by atoms with Gasteiger partial charge in [-0.2, -0.15) is 11.8 Å². The summed E-state index contributed by atoms with van der Waals surface area (Å²) in [7, 11) is 0. The summed E-state index contributed by atoms with van der Waals surface area (Å²) < 4.78 is 6.45. The van der Waals surface area contributed by atoms with Crippen LogP contribution in [0.2, 0.25) is 0 Å². The van der Waals surface area contributed by atoms with Gasteiger partial charge < -0.3 is 9.73 Å². The second-order valence-corrected chi connectivity index (χ2v) is 6.28. The van der Waals surface area contributed by atoms with E-state index in [-0.39, 0.29) is 6.04 Å². The number of halogens is 1. The predicted molar refractivity (Wildman–Crippen MR) is 75.0 cm³/mol. The zero-order valence-corrected chi connectivity index (χ0v) is 12.5. The molecule has 1 N–H and O–H groups in total. The molecule has 0 saturated heterocycles. The maximum atomic E-state index is 5.41. The van der Waals surface area contributed by atoms with E-state index in [0.717, 1.165) is 28.4 Å². The van der Waals surface area contributed by atoms with Crippen molar-refractivity contribution in [2.45, 2.75) is 26.8 Å². The fourth-order valence-electron chi connectivity index (χ4n) is 1.37. The number of hydrogen-bond donors (Lipinski definition) is 1. The molecular formula is C12H20BrNOS. The Hall–Kier alpha value is 0.0700. The molecule has 1 rings (SSSR count). The number of hydrogen-bond acceptors (Lipinski definition) is 3. The summed E-state index contributed by atoms with van der Waals surface area (Å²) in [6.07, 6.45) is 1.71. The van der Waals surface area contributed by atoms with E-state index >= 15 is 0 Å². The van der Waals surface area contributed by atoms with Crippen LogP contribution in [-0.4, -0.2) is 18.1 Å². The molecule has 0 aromatic carbocycles. The van der Waals surface area contributed by atoms with Crippen molar-refractivity contribution in [2.24, 2.45) is 5.92 Å². The molecule has 0 saturated carbocycles.